The molecule has 1 aromatic rings. The van der Waals surface area contributed by atoms with Crippen molar-refractivity contribution in [1.29, 1.82) is 0 Å². The molecular formula is C14H22N2. The Morgan fingerprint density at radius 2 is 1.94 bits per heavy atom. The quantitative estimate of drug-likeness (QED) is 0.844. The lowest BCUT2D eigenvalue weighted by Crippen LogP contribution is -2.30. The molecule has 0 radical (unpaired) electrons. The van der Waals surface area contributed by atoms with Crippen LogP contribution in [0.25, 0.3) is 0 Å². The minimum Gasteiger partial charge on any atom is -0.328 e. The summed E-state index contributed by atoms with van der Waals surface area (Å²) in [6.07, 6.45) is 1.24. The van der Waals surface area contributed by atoms with Crippen molar-refractivity contribution < 1.29 is 0 Å². The van der Waals surface area contributed by atoms with E-state index in [4.69, 9.17) is 5.73 Å². The number of hydrogen-bond donors (Lipinski definition) is 1. The molecule has 0 aliphatic carbocycles. The molecule has 0 bridgehead atoms. The van der Waals surface area contributed by atoms with Crippen LogP contribution in [-0.4, -0.2) is 24.0 Å². The molecule has 1 aromatic carbocycles. The van der Waals surface area contributed by atoms with E-state index in [2.05, 4.69) is 49.1 Å². The molecule has 2 N–H and O–H groups in total. The van der Waals surface area contributed by atoms with Gasteiger partial charge in [-0.2, -0.15) is 0 Å². The Morgan fingerprint density at radius 1 is 1.25 bits per heavy atom. The van der Waals surface area contributed by atoms with Gasteiger partial charge in [0.05, 0.1) is 0 Å². The predicted octanol–water partition coefficient (Wildman–Crippen LogP) is 2.42. The molecule has 1 aliphatic rings. The monoisotopic (exact) mass is 218 g/mol. The van der Waals surface area contributed by atoms with Gasteiger partial charge in [0.15, 0.2) is 0 Å². The summed E-state index contributed by atoms with van der Waals surface area (Å²) in [7, 11) is 0. The number of hydrogen-bond acceptors (Lipinski definition) is 2. The fourth-order valence-electron chi connectivity index (χ4n) is 2.54. The van der Waals surface area contributed by atoms with Crippen molar-refractivity contribution in [2.75, 3.05) is 13.1 Å². The van der Waals surface area contributed by atoms with Crippen LogP contribution >= 0.6 is 0 Å². The molecule has 88 valence electrons. The van der Waals surface area contributed by atoms with Gasteiger partial charge < -0.3 is 5.73 Å². The summed E-state index contributed by atoms with van der Waals surface area (Å²) < 4.78 is 0. The summed E-state index contributed by atoms with van der Waals surface area (Å²) >= 11 is 0. The van der Waals surface area contributed by atoms with Crippen LogP contribution < -0.4 is 5.73 Å². The molecule has 3 atom stereocenters. The SMILES string of the molecule is CC(N)C1CCN(C(C)c2ccccc2)C1. The number of likely N-dealkylation sites (tertiary alicyclic amines) is 1. The Hall–Kier alpha value is -0.860. The highest BCUT2D eigenvalue weighted by atomic mass is 15.2. The van der Waals surface area contributed by atoms with Gasteiger partial charge in [-0.3, -0.25) is 4.90 Å². The first-order valence-corrected chi connectivity index (χ1v) is 6.23. The molecule has 2 rings (SSSR count). The minimum absolute atomic E-state index is 0.327. The first-order chi connectivity index (χ1) is 7.68. The highest BCUT2D eigenvalue weighted by Gasteiger charge is 2.28. The standard InChI is InChI=1S/C14H22N2/c1-11(15)14-8-9-16(10-14)12(2)13-6-4-3-5-7-13/h3-7,11-12,14H,8-10,15H2,1-2H3. The summed E-state index contributed by atoms with van der Waals surface area (Å²) in [5.41, 5.74) is 7.38. The second kappa shape index (κ2) is 4.98. The Labute approximate surface area is 98.4 Å². The van der Waals surface area contributed by atoms with E-state index in [0.29, 0.717) is 18.0 Å². The largest absolute Gasteiger partial charge is 0.328 e. The zero-order valence-electron chi connectivity index (χ0n) is 10.3. The van der Waals surface area contributed by atoms with E-state index in [0.717, 1.165) is 6.54 Å². The molecule has 0 amide bonds. The molecule has 2 heteroatoms. The smallest absolute Gasteiger partial charge is 0.0320 e. The average molecular weight is 218 g/mol. The molecule has 1 heterocycles. The van der Waals surface area contributed by atoms with Gasteiger partial charge in [-0.05, 0) is 38.3 Å². The second-order valence-corrected chi connectivity index (χ2v) is 4.99. The van der Waals surface area contributed by atoms with Gasteiger partial charge in [-0.25, -0.2) is 0 Å². The summed E-state index contributed by atoms with van der Waals surface area (Å²) in [5.74, 6) is 0.672. The van der Waals surface area contributed by atoms with E-state index in [9.17, 15) is 0 Å². The van der Waals surface area contributed by atoms with E-state index in [-0.39, 0.29) is 0 Å². The Bertz CT molecular complexity index is 321. The van der Waals surface area contributed by atoms with Crippen molar-refractivity contribution in [3.05, 3.63) is 35.9 Å². The van der Waals surface area contributed by atoms with Crippen molar-refractivity contribution in [2.24, 2.45) is 11.7 Å². The predicted molar refractivity (Wildman–Crippen MR) is 68.2 cm³/mol. The highest BCUT2D eigenvalue weighted by Crippen LogP contribution is 2.28. The van der Waals surface area contributed by atoms with Crippen molar-refractivity contribution >= 4 is 0 Å². The van der Waals surface area contributed by atoms with Crippen LogP contribution in [0.15, 0.2) is 30.3 Å². The van der Waals surface area contributed by atoms with Crippen LogP contribution in [0.3, 0.4) is 0 Å². The summed E-state index contributed by atoms with van der Waals surface area (Å²) in [4.78, 5) is 2.54. The number of rotatable bonds is 3. The lowest BCUT2D eigenvalue weighted by atomic mass is 10.0. The molecule has 2 nitrogen and oxygen atoms in total. The topological polar surface area (TPSA) is 29.3 Å². The summed E-state index contributed by atoms with van der Waals surface area (Å²) in [6, 6.07) is 11.6. The van der Waals surface area contributed by atoms with E-state index in [1.807, 2.05) is 0 Å². The van der Waals surface area contributed by atoms with Crippen molar-refractivity contribution in [1.82, 2.24) is 4.90 Å². The third-order valence-corrected chi connectivity index (χ3v) is 3.83. The maximum Gasteiger partial charge on any atom is 0.0320 e. The Kier molecular flexibility index (Phi) is 3.62. The number of nitrogens with zero attached hydrogens (tertiary/aromatic N) is 1. The maximum atomic E-state index is 5.97. The zero-order chi connectivity index (χ0) is 11.5. The van der Waals surface area contributed by atoms with Gasteiger partial charge in [0, 0.05) is 18.6 Å². The average Bonchev–Trinajstić information content (AvgIpc) is 2.78. The molecule has 16 heavy (non-hydrogen) atoms. The van der Waals surface area contributed by atoms with E-state index < -0.39 is 0 Å². The molecular weight excluding hydrogens is 196 g/mol. The molecule has 1 aliphatic heterocycles. The van der Waals surface area contributed by atoms with Crippen LogP contribution in [0.2, 0.25) is 0 Å². The van der Waals surface area contributed by atoms with Gasteiger partial charge in [-0.15, -0.1) is 0 Å². The van der Waals surface area contributed by atoms with Crippen molar-refractivity contribution in [3.8, 4) is 0 Å². The van der Waals surface area contributed by atoms with Crippen molar-refractivity contribution in [2.45, 2.75) is 32.4 Å². The van der Waals surface area contributed by atoms with E-state index in [1.54, 1.807) is 0 Å². The van der Waals surface area contributed by atoms with Crippen LogP contribution in [-0.2, 0) is 0 Å². The number of benzene rings is 1. The Balaban J connectivity index is 2.00. The van der Waals surface area contributed by atoms with Gasteiger partial charge >= 0.3 is 0 Å². The van der Waals surface area contributed by atoms with Crippen LogP contribution in [0.4, 0.5) is 0 Å². The van der Waals surface area contributed by atoms with Crippen LogP contribution in [0.1, 0.15) is 31.9 Å². The van der Waals surface area contributed by atoms with E-state index in [1.165, 1.54) is 18.5 Å². The first kappa shape index (κ1) is 11.6. The van der Waals surface area contributed by atoms with Gasteiger partial charge in [0.2, 0.25) is 0 Å². The molecule has 3 unspecified atom stereocenters. The fourth-order valence-corrected chi connectivity index (χ4v) is 2.54. The van der Waals surface area contributed by atoms with Crippen LogP contribution in [0, 0.1) is 5.92 Å². The molecule has 0 spiro atoms. The lowest BCUT2D eigenvalue weighted by Gasteiger charge is -2.25. The molecule has 0 saturated carbocycles. The second-order valence-electron chi connectivity index (χ2n) is 4.99. The molecule has 1 fully saturated rings. The van der Waals surface area contributed by atoms with E-state index >= 15 is 0 Å². The van der Waals surface area contributed by atoms with Crippen LogP contribution in [0.5, 0.6) is 0 Å². The highest BCUT2D eigenvalue weighted by molar-refractivity contribution is 5.18. The summed E-state index contributed by atoms with van der Waals surface area (Å²) in [5, 5.41) is 0. The van der Waals surface area contributed by atoms with Crippen molar-refractivity contribution in [3.63, 3.8) is 0 Å². The lowest BCUT2D eigenvalue weighted by molar-refractivity contribution is 0.248. The third kappa shape index (κ3) is 2.45. The maximum absolute atomic E-state index is 5.97. The molecule has 0 aromatic heterocycles. The van der Waals surface area contributed by atoms with Gasteiger partial charge in [0.25, 0.3) is 0 Å². The fraction of sp³-hybridized carbons (Fsp3) is 0.571. The normalized spacial score (nSPS) is 25.6. The van der Waals surface area contributed by atoms with Gasteiger partial charge in [-0.1, -0.05) is 30.3 Å². The Morgan fingerprint density at radius 3 is 2.50 bits per heavy atom. The minimum atomic E-state index is 0.327. The zero-order valence-corrected chi connectivity index (χ0v) is 10.3. The molecule has 1 saturated heterocycles. The summed E-state index contributed by atoms with van der Waals surface area (Å²) in [6.45, 7) is 6.75. The third-order valence-electron chi connectivity index (χ3n) is 3.83. The van der Waals surface area contributed by atoms with Gasteiger partial charge in [0.1, 0.15) is 0 Å². The first-order valence-electron chi connectivity index (χ1n) is 6.23. The number of nitrogens with two attached hydrogens (primary N) is 1.